The van der Waals surface area contributed by atoms with Gasteiger partial charge in [-0.3, -0.25) is 4.57 Å². The molecule has 0 spiro atoms. The summed E-state index contributed by atoms with van der Waals surface area (Å²) < 4.78 is 14.0. The van der Waals surface area contributed by atoms with Gasteiger partial charge in [-0.25, -0.2) is 4.98 Å². The lowest BCUT2D eigenvalue weighted by Gasteiger charge is -2.20. The van der Waals surface area contributed by atoms with E-state index in [2.05, 4.69) is 73.9 Å². The number of hydrogen-bond acceptors (Lipinski definition) is 3. The number of rotatable bonds is 2. The molecule has 0 amide bonds. The predicted octanol–water partition coefficient (Wildman–Crippen LogP) is 7.38. The molecule has 6 aromatic rings. The van der Waals surface area contributed by atoms with E-state index in [1.54, 1.807) is 7.11 Å². The number of para-hydroxylation sites is 1. The number of hydrogen-bond donors (Lipinski definition) is 0. The number of methoxy groups -OCH3 is 1. The smallest absolute Gasteiger partial charge is 0.137 e. The van der Waals surface area contributed by atoms with E-state index in [0.717, 1.165) is 49.9 Å². The van der Waals surface area contributed by atoms with E-state index < -0.39 is 0 Å². The first-order valence-corrected chi connectivity index (χ1v) is 10.8. The lowest BCUT2D eigenvalue weighted by Crippen LogP contribution is -2.12. The Morgan fingerprint density at radius 3 is 2.47 bits per heavy atom. The number of furan rings is 1. The van der Waals surface area contributed by atoms with Crippen molar-refractivity contribution < 1.29 is 9.15 Å². The Labute approximate surface area is 186 Å². The monoisotopic (exact) mass is 420 g/mol. The van der Waals surface area contributed by atoms with Gasteiger partial charge in [0.05, 0.1) is 23.5 Å². The topological polar surface area (TPSA) is 40.2 Å². The van der Waals surface area contributed by atoms with Gasteiger partial charge >= 0.3 is 0 Å². The molecule has 4 heteroatoms. The second-order valence-corrected chi connectivity index (χ2v) is 9.30. The Kier molecular flexibility index (Phi) is 3.91. The van der Waals surface area contributed by atoms with Crippen molar-refractivity contribution in [1.82, 2.24) is 9.55 Å². The van der Waals surface area contributed by atoms with Gasteiger partial charge in [0.15, 0.2) is 0 Å². The molecule has 0 N–H and O–H groups in total. The number of pyridine rings is 1. The molecule has 0 bridgehead atoms. The highest BCUT2D eigenvalue weighted by atomic mass is 16.5. The summed E-state index contributed by atoms with van der Waals surface area (Å²) in [6, 6.07) is 23.0. The lowest BCUT2D eigenvalue weighted by molar-refractivity contribution is 0.415. The van der Waals surface area contributed by atoms with Crippen molar-refractivity contribution in [2.45, 2.75) is 26.2 Å². The third-order valence-electron chi connectivity index (χ3n) is 6.32. The van der Waals surface area contributed by atoms with Crippen LogP contribution in [0.3, 0.4) is 0 Å². The standard InChI is InChI=1S/C28H24N2O2/c1-28(2,3)17-13-14-29-25(15-17)30-22-16-18(31-4)9-10-19(22)20-11-12-24-26(27(20)30)21-7-5-6-8-23(21)32-24/h5-16H,1-4H3. The quantitative estimate of drug-likeness (QED) is 0.293. The second-order valence-electron chi connectivity index (χ2n) is 9.30. The van der Waals surface area contributed by atoms with Crippen LogP contribution >= 0.6 is 0 Å². The first kappa shape index (κ1) is 18.9. The molecule has 4 nitrogen and oxygen atoms in total. The third-order valence-corrected chi connectivity index (χ3v) is 6.32. The van der Waals surface area contributed by atoms with Crippen LogP contribution in [0.1, 0.15) is 26.3 Å². The molecule has 0 saturated carbocycles. The van der Waals surface area contributed by atoms with Crippen LogP contribution < -0.4 is 4.74 Å². The highest BCUT2D eigenvalue weighted by Crippen LogP contribution is 2.41. The number of nitrogens with zero attached hydrogens (tertiary/aromatic N) is 2. The zero-order valence-electron chi connectivity index (χ0n) is 18.6. The van der Waals surface area contributed by atoms with Crippen LogP contribution in [0, 0.1) is 0 Å². The maximum atomic E-state index is 6.21. The first-order valence-electron chi connectivity index (χ1n) is 10.8. The van der Waals surface area contributed by atoms with E-state index >= 15 is 0 Å². The number of ether oxygens (including phenoxy) is 1. The molecule has 0 aliphatic heterocycles. The largest absolute Gasteiger partial charge is 0.497 e. The number of aromatic nitrogens is 2. The summed E-state index contributed by atoms with van der Waals surface area (Å²) in [7, 11) is 1.70. The van der Waals surface area contributed by atoms with Gasteiger partial charge in [-0.1, -0.05) is 39.0 Å². The van der Waals surface area contributed by atoms with E-state index in [9.17, 15) is 0 Å². The van der Waals surface area contributed by atoms with Crippen LogP contribution in [-0.4, -0.2) is 16.7 Å². The van der Waals surface area contributed by atoms with Crippen LogP contribution in [0.15, 0.2) is 77.3 Å². The fourth-order valence-corrected chi connectivity index (χ4v) is 4.67. The summed E-state index contributed by atoms with van der Waals surface area (Å²) in [6.07, 6.45) is 1.90. The van der Waals surface area contributed by atoms with Gasteiger partial charge in [0, 0.05) is 28.4 Å². The summed E-state index contributed by atoms with van der Waals surface area (Å²) >= 11 is 0. The highest BCUT2D eigenvalue weighted by molar-refractivity contribution is 6.24. The molecular weight excluding hydrogens is 396 g/mol. The maximum absolute atomic E-state index is 6.21. The predicted molar refractivity (Wildman–Crippen MR) is 131 cm³/mol. The van der Waals surface area contributed by atoms with Crippen LogP contribution in [0.25, 0.3) is 49.6 Å². The fourth-order valence-electron chi connectivity index (χ4n) is 4.67. The Bertz CT molecular complexity index is 1650. The van der Waals surface area contributed by atoms with Crippen LogP contribution in [0.2, 0.25) is 0 Å². The Morgan fingerprint density at radius 2 is 1.66 bits per heavy atom. The van der Waals surface area contributed by atoms with Gasteiger partial charge in [0.25, 0.3) is 0 Å². The first-order chi connectivity index (χ1) is 15.5. The van der Waals surface area contributed by atoms with Crippen LogP contribution in [-0.2, 0) is 5.41 Å². The van der Waals surface area contributed by atoms with E-state index in [0.29, 0.717) is 0 Å². The number of fused-ring (bicyclic) bond motifs is 7. The minimum Gasteiger partial charge on any atom is -0.497 e. The van der Waals surface area contributed by atoms with Crippen molar-refractivity contribution in [1.29, 1.82) is 0 Å². The molecule has 3 aromatic carbocycles. The van der Waals surface area contributed by atoms with Crippen molar-refractivity contribution >= 4 is 43.7 Å². The van der Waals surface area contributed by atoms with Crippen LogP contribution in [0.4, 0.5) is 0 Å². The SMILES string of the molecule is COc1ccc2c3ccc4oc5ccccc5c4c3n(-c3cc(C(C)(C)C)ccn3)c2c1. The van der Waals surface area contributed by atoms with Gasteiger partial charge < -0.3 is 9.15 Å². The third kappa shape index (κ3) is 2.65. The summed E-state index contributed by atoms with van der Waals surface area (Å²) in [5.74, 6) is 1.71. The summed E-state index contributed by atoms with van der Waals surface area (Å²) in [5, 5.41) is 4.55. The fraction of sp³-hybridized carbons (Fsp3) is 0.179. The van der Waals surface area contributed by atoms with E-state index in [-0.39, 0.29) is 5.41 Å². The minimum atomic E-state index is 0.0196. The summed E-state index contributed by atoms with van der Waals surface area (Å²) in [4.78, 5) is 4.81. The Hall–Kier alpha value is -3.79. The van der Waals surface area contributed by atoms with Crippen molar-refractivity contribution in [3.05, 3.63) is 78.5 Å². The van der Waals surface area contributed by atoms with Crippen molar-refractivity contribution in [3.8, 4) is 11.6 Å². The van der Waals surface area contributed by atoms with Crippen LogP contribution in [0.5, 0.6) is 5.75 Å². The summed E-state index contributed by atoms with van der Waals surface area (Å²) in [5.41, 5.74) is 5.20. The van der Waals surface area contributed by atoms with E-state index in [4.69, 9.17) is 14.1 Å². The second kappa shape index (κ2) is 6.60. The molecule has 0 saturated heterocycles. The minimum absolute atomic E-state index is 0.0196. The van der Waals surface area contributed by atoms with E-state index in [1.165, 1.54) is 10.9 Å². The van der Waals surface area contributed by atoms with Crippen molar-refractivity contribution in [2.75, 3.05) is 7.11 Å². The Balaban J connectivity index is 1.85. The van der Waals surface area contributed by atoms with Crippen molar-refractivity contribution in [2.24, 2.45) is 0 Å². The maximum Gasteiger partial charge on any atom is 0.137 e. The average Bonchev–Trinajstić information content (AvgIpc) is 3.33. The highest BCUT2D eigenvalue weighted by Gasteiger charge is 2.21. The number of benzene rings is 3. The zero-order chi connectivity index (χ0) is 22.0. The normalized spacial score (nSPS) is 12.4. The molecule has 32 heavy (non-hydrogen) atoms. The van der Waals surface area contributed by atoms with Gasteiger partial charge in [0.2, 0.25) is 0 Å². The zero-order valence-corrected chi connectivity index (χ0v) is 18.6. The molecular formula is C28H24N2O2. The molecule has 3 aromatic heterocycles. The Morgan fingerprint density at radius 1 is 0.844 bits per heavy atom. The summed E-state index contributed by atoms with van der Waals surface area (Å²) in [6.45, 7) is 6.68. The van der Waals surface area contributed by atoms with Crippen molar-refractivity contribution in [3.63, 3.8) is 0 Å². The molecule has 0 aliphatic carbocycles. The molecule has 0 aliphatic rings. The molecule has 0 unspecified atom stereocenters. The lowest BCUT2D eigenvalue weighted by atomic mass is 9.88. The molecule has 6 rings (SSSR count). The molecule has 0 fully saturated rings. The molecule has 0 atom stereocenters. The molecule has 3 heterocycles. The molecule has 158 valence electrons. The van der Waals surface area contributed by atoms with Gasteiger partial charge in [-0.15, -0.1) is 0 Å². The van der Waals surface area contributed by atoms with Gasteiger partial charge in [-0.05, 0) is 53.4 Å². The average molecular weight is 421 g/mol. The molecule has 0 radical (unpaired) electrons. The van der Waals surface area contributed by atoms with Gasteiger partial charge in [-0.2, -0.15) is 0 Å². The van der Waals surface area contributed by atoms with E-state index in [1.807, 2.05) is 24.4 Å². The van der Waals surface area contributed by atoms with Gasteiger partial charge in [0.1, 0.15) is 22.7 Å².